The fourth-order valence-corrected chi connectivity index (χ4v) is 3.66. The molecule has 6 heteroatoms. The fraction of sp³-hybridized carbons (Fsp3) is 0.130. The van der Waals surface area contributed by atoms with Crippen molar-refractivity contribution < 1.29 is 9.90 Å². The minimum atomic E-state index is -0.186. The van der Waals surface area contributed by atoms with E-state index >= 15 is 0 Å². The van der Waals surface area contributed by atoms with E-state index < -0.39 is 0 Å². The van der Waals surface area contributed by atoms with E-state index in [0.717, 1.165) is 27.6 Å². The van der Waals surface area contributed by atoms with Crippen LogP contribution in [0.4, 0.5) is 0 Å². The molecule has 2 aromatic carbocycles. The fourth-order valence-electron chi connectivity index (χ4n) is 3.46. The Bertz CT molecular complexity index is 1200. The van der Waals surface area contributed by atoms with Crippen LogP contribution >= 0.6 is 11.6 Å². The number of pyridine rings is 1. The maximum absolute atomic E-state index is 13.0. The van der Waals surface area contributed by atoms with E-state index in [1.54, 1.807) is 30.6 Å². The number of hydrogen-bond donors (Lipinski definition) is 2. The van der Waals surface area contributed by atoms with Crippen molar-refractivity contribution in [3.63, 3.8) is 0 Å². The van der Waals surface area contributed by atoms with Gasteiger partial charge in [0, 0.05) is 29.2 Å². The molecule has 2 heterocycles. The van der Waals surface area contributed by atoms with E-state index in [-0.39, 0.29) is 17.7 Å². The lowest BCUT2D eigenvalue weighted by Crippen LogP contribution is -2.28. The zero-order valence-electron chi connectivity index (χ0n) is 16.1. The molecule has 0 spiro atoms. The van der Waals surface area contributed by atoms with Crippen molar-refractivity contribution in [3.05, 3.63) is 83.3 Å². The predicted molar refractivity (Wildman–Crippen MR) is 115 cm³/mol. The minimum absolute atomic E-state index is 0.173. The molecule has 29 heavy (non-hydrogen) atoms. The predicted octanol–water partition coefficient (Wildman–Crippen LogP) is 5.09. The molecule has 0 bridgehead atoms. The number of amides is 1. The van der Waals surface area contributed by atoms with Crippen LogP contribution in [0.25, 0.3) is 22.0 Å². The number of carbonyl (C=O) groups is 1. The number of phenols is 1. The molecule has 0 fully saturated rings. The van der Waals surface area contributed by atoms with Crippen molar-refractivity contribution in [2.75, 3.05) is 0 Å². The molecule has 1 atom stereocenters. The van der Waals surface area contributed by atoms with Gasteiger partial charge in [0.15, 0.2) is 0 Å². The van der Waals surface area contributed by atoms with Crippen molar-refractivity contribution in [2.24, 2.45) is 7.05 Å². The molecule has 0 saturated heterocycles. The first-order valence-electron chi connectivity index (χ1n) is 9.23. The molecule has 0 unspecified atom stereocenters. The van der Waals surface area contributed by atoms with Crippen LogP contribution in [0.2, 0.25) is 5.02 Å². The molecule has 5 nitrogen and oxygen atoms in total. The number of rotatable bonds is 4. The Balaban J connectivity index is 1.69. The maximum atomic E-state index is 13.0. The Kier molecular flexibility index (Phi) is 4.99. The number of hydrogen-bond acceptors (Lipinski definition) is 3. The van der Waals surface area contributed by atoms with Crippen molar-refractivity contribution >= 4 is 28.4 Å². The van der Waals surface area contributed by atoms with Crippen LogP contribution in [0.3, 0.4) is 0 Å². The standard InChI is InChI=1S/C23H20ClN3O2/c1-14(16-4-3-5-17(24)10-16)26-23(29)21-11-19-20(12-25-13-22(19)27(21)2)15-6-8-18(28)9-7-15/h3-14,28H,1-2H3,(H,26,29)/t14-/m1/s1. The van der Waals surface area contributed by atoms with E-state index in [2.05, 4.69) is 10.3 Å². The second-order valence-corrected chi connectivity index (χ2v) is 7.44. The summed E-state index contributed by atoms with van der Waals surface area (Å²) in [5.74, 6) is 0.0323. The van der Waals surface area contributed by atoms with Crippen molar-refractivity contribution in [3.8, 4) is 16.9 Å². The van der Waals surface area contributed by atoms with Gasteiger partial charge in [-0.05, 0) is 48.4 Å². The summed E-state index contributed by atoms with van der Waals surface area (Å²) < 4.78 is 1.84. The van der Waals surface area contributed by atoms with Gasteiger partial charge in [-0.2, -0.15) is 0 Å². The van der Waals surface area contributed by atoms with Gasteiger partial charge in [-0.3, -0.25) is 9.78 Å². The quantitative estimate of drug-likeness (QED) is 0.497. The number of aromatic nitrogens is 2. The van der Waals surface area contributed by atoms with Gasteiger partial charge in [0.1, 0.15) is 11.4 Å². The average Bonchev–Trinajstić information content (AvgIpc) is 3.05. The summed E-state index contributed by atoms with van der Waals surface area (Å²) >= 11 is 6.07. The van der Waals surface area contributed by atoms with Crippen molar-refractivity contribution in [1.82, 2.24) is 14.9 Å². The molecule has 0 aliphatic rings. The van der Waals surface area contributed by atoms with Crippen LogP contribution in [0, 0.1) is 0 Å². The first-order chi connectivity index (χ1) is 13.9. The number of nitrogens with zero attached hydrogens (tertiary/aromatic N) is 2. The molecule has 0 saturated carbocycles. The highest BCUT2D eigenvalue weighted by Crippen LogP contribution is 2.31. The van der Waals surface area contributed by atoms with E-state index in [1.165, 1.54) is 0 Å². The molecule has 0 aliphatic carbocycles. The smallest absolute Gasteiger partial charge is 0.268 e. The third-order valence-corrected chi connectivity index (χ3v) is 5.31. The van der Waals surface area contributed by atoms with E-state index in [4.69, 9.17) is 11.6 Å². The number of aromatic hydroxyl groups is 1. The third-order valence-electron chi connectivity index (χ3n) is 5.08. The van der Waals surface area contributed by atoms with Gasteiger partial charge in [-0.25, -0.2) is 0 Å². The van der Waals surface area contributed by atoms with Gasteiger partial charge in [0.25, 0.3) is 5.91 Å². The third kappa shape index (κ3) is 3.69. The van der Waals surface area contributed by atoms with Gasteiger partial charge < -0.3 is 15.0 Å². The molecule has 0 aliphatic heterocycles. The van der Waals surface area contributed by atoms with Crippen LogP contribution in [0.1, 0.15) is 29.0 Å². The summed E-state index contributed by atoms with van der Waals surface area (Å²) in [4.78, 5) is 17.3. The minimum Gasteiger partial charge on any atom is -0.508 e. The summed E-state index contributed by atoms with van der Waals surface area (Å²) in [6.07, 6.45) is 3.52. The lowest BCUT2D eigenvalue weighted by molar-refractivity contribution is 0.0932. The Morgan fingerprint density at radius 3 is 2.62 bits per heavy atom. The highest BCUT2D eigenvalue weighted by atomic mass is 35.5. The Morgan fingerprint density at radius 1 is 1.14 bits per heavy atom. The lowest BCUT2D eigenvalue weighted by Gasteiger charge is -2.15. The lowest BCUT2D eigenvalue weighted by atomic mass is 10.0. The van der Waals surface area contributed by atoms with Crippen LogP contribution in [0.5, 0.6) is 5.75 Å². The molecule has 1 amide bonds. The largest absolute Gasteiger partial charge is 0.508 e. The molecule has 4 aromatic rings. The van der Waals surface area contributed by atoms with Gasteiger partial charge in [-0.1, -0.05) is 35.9 Å². The topological polar surface area (TPSA) is 67.2 Å². The second kappa shape index (κ2) is 7.60. The van der Waals surface area contributed by atoms with Gasteiger partial charge in [0.2, 0.25) is 0 Å². The van der Waals surface area contributed by atoms with Crippen LogP contribution < -0.4 is 5.32 Å². The Labute approximate surface area is 173 Å². The van der Waals surface area contributed by atoms with Gasteiger partial charge in [0.05, 0.1) is 17.8 Å². The molecule has 4 rings (SSSR count). The van der Waals surface area contributed by atoms with Crippen LogP contribution in [-0.2, 0) is 7.05 Å². The summed E-state index contributed by atoms with van der Waals surface area (Å²) in [6, 6.07) is 16.1. The normalized spacial score (nSPS) is 12.1. The summed E-state index contributed by atoms with van der Waals surface area (Å²) in [7, 11) is 1.85. The highest BCUT2D eigenvalue weighted by molar-refractivity contribution is 6.30. The van der Waals surface area contributed by atoms with Crippen molar-refractivity contribution in [1.29, 1.82) is 0 Å². The SMILES string of the molecule is C[C@@H](NC(=O)c1cc2c(-c3ccc(O)cc3)cncc2n1C)c1cccc(Cl)c1. The highest BCUT2D eigenvalue weighted by Gasteiger charge is 2.18. The first kappa shape index (κ1) is 19.0. The summed E-state index contributed by atoms with van der Waals surface area (Å²) in [6.45, 7) is 1.93. The Hall–Kier alpha value is -3.31. The maximum Gasteiger partial charge on any atom is 0.268 e. The molecular formula is C23H20ClN3O2. The number of fused-ring (bicyclic) bond motifs is 1. The number of aryl methyl sites for hydroxylation is 1. The van der Waals surface area contributed by atoms with E-state index in [0.29, 0.717) is 10.7 Å². The van der Waals surface area contributed by atoms with Gasteiger partial charge >= 0.3 is 0 Å². The van der Waals surface area contributed by atoms with Gasteiger partial charge in [-0.15, -0.1) is 0 Å². The average molecular weight is 406 g/mol. The molecule has 146 valence electrons. The molecular weight excluding hydrogens is 386 g/mol. The number of benzene rings is 2. The van der Waals surface area contributed by atoms with Crippen LogP contribution in [-0.4, -0.2) is 20.6 Å². The van der Waals surface area contributed by atoms with E-state index in [1.807, 2.05) is 54.9 Å². The molecule has 2 N–H and O–H groups in total. The zero-order chi connectivity index (χ0) is 20.5. The summed E-state index contributed by atoms with van der Waals surface area (Å²) in [5.41, 5.74) is 4.17. The monoisotopic (exact) mass is 405 g/mol. The number of nitrogens with one attached hydrogen (secondary N) is 1. The number of carbonyl (C=O) groups excluding carboxylic acids is 1. The Morgan fingerprint density at radius 2 is 1.90 bits per heavy atom. The van der Waals surface area contributed by atoms with E-state index in [9.17, 15) is 9.90 Å². The molecule has 0 radical (unpaired) electrons. The number of phenolic OH excluding ortho intramolecular Hbond substituents is 1. The zero-order valence-corrected chi connectivity index (χ0v) is 16.8. The van der Waals surface area contributed by atoms with Crippen LogP contribution in [0.15, 0.2) is 67.0 Å². The summed E-state index contributed by atoms with van der Waals surface area (Å²) in [5, 5.41) is 14.1. The van der Waals surface area contributed by atoms with Crippen molar-refractivity contribution in [2.45, 2.75) is 13.0 Å². The second-order valence-electron chi connectivity index (χ2n) is 7.01. The first-order valence-corrected chi connectivity index (χ1v) is 9.61. The molecule has 2 aromatic heterocycles. The number of halogens is 1.